The van der Waals surface area contributed by atoms with Gasteiger partial charge in [-0.1, -0.05) is 54.6 Å². The Bertz CT molecular complexity index is 1210. The largest absolute Gasteiger partial charge is 0.508 e. The maximum Gasteiger partial charge on any atom is 0.251 e. The molecule has 2 aliphatic rings. The predicted molar refractivity (Wildman–Crippen MR) is 127 cm³/mol. The Morgan fingerprint density at radius 2 is 1.62 bits per heavy atom. The van der Waals surface area contributed by atoms with Gasteiger partial charge in [0.15, 0.2) is 0 Å². The van der Waals surface area contributed by atoms with Gasteiger partial charge in [0.1, 0.15) is 17.8 Å². The van der Waals surface area contributed by atoms with Crippen molar-refractivity contribution in [3.63, 3.8) is 0 Å². The van der Waals surface area contributed by atoms with Gasteiger partial charge in [0.2, 0.25) is 11.8 Å². The van der Waals surface area contributed by atoms with Gasteiger partial charge < -0.3 is 20.6 Å². The molecule has 3 aromatic rings. The first-order valence-corrected chi connectivity index (χ1v) is 11.3. The SMILES string of the molecule is O=C(N[C@H]1C[C@H]2C(=O)N[C@@H](Cc3ccc(O)cc3)C(=O)N2C1)c1ccc(-c2ccccc2)cc1. The second-order valence-electron chi connectivity index (χ2n) is 8.79. The van der Waals surface area contributed by atoms with Gasteiger partial charge in [-0.3, -0.25) is 14.4 Å². The van der Waals surface area contributed by atoms with Crippen LogP contribution < -0.4 is 10.6 Å². The minimum absolute atomic E-state index is 0.149. The number of rotatable bonds is 5. The molecule has 2 fully saturated rings. The second-order valence-corrected chi connectivity index (χ2v) is 8.79. The van der Waals surface area contributed by atoms with E-state index in [2.05, 4.69) is 10.6 Å². The lowest BCUT2D eigenvalue weighted by Gasteiger charge is -2.34. The van der Waals surface area contributed by atoms with E-state index in [1.54, 1.807) is 41.3 Å². The van der Waals surface area contributed by atoms with E-state index in [1.807, 2.05) is 42.5 Å². The highest BCUT2D eigenvalue weighted by Crippen LogP contribution is 2.25. The number of fused-ring (bicyclic) bond motifs is 1. The monoisotopic (exact) mass is 455 g/mol. The van der Waals surface area contributed by atoms with Gasteiger partial charge in [-0.25, -0.2) is 0 Å². The minimum Gasteiger partial charge on any atom is -0.508 e. The molecule has 7 heteroatoms. The molecule has 0 bridgehead atoms. The van der Waals surface area contributed by atoms with Crippen LogP contribution in [0.2, 0.25) is 0 Å². The summed E-state index contributed by atoms with van der Waals surface area (Å²) in [6, 6.07) is 22.4. The Hall–Kier alpha value is -4.13. The van der Waals surface area contributed by atoms with Crippen LogP contribution in [0.5, 0.6) is 5.75 Å². The quantitative estimate of drug-likeness (QED) is 0.551. The fourth-order valence-electron chi connectivity index (χ4n) is 4.68. The van der Waals surface area contributed by atoms with Crippen LogP contribution in [-0.4, -0.2) is 52.4 Å². The molecule has 0 unspecified atom stereocenters. The Morgan fingerprint density at radius 3 is 2.32 bits per heavy atom. The van der Waals surface area contributed by atoms with E-state index in [0.717, 1.165) is 16.7 Å². The van der Waals surface area contributed by atoms with Crippen LogP contribution in [0.3, 0.4) is 0 Å². The highest BCUT2D eigenvalue weighted by molar-refractivity contribution is 5.98. The molecule has 172 valence electrons. The molecule has 0 aromatic heterocycles. The fourth-order valence-corrected chi connectivity index (χ4v) is 4.68. The van der Waals surface area contributed by atoms with E-state index >= 15 is 0 Å². The zero-order chi connectivity index (χ0) is 23.7. The molecular weight excluding hydrogens is 430 g/mol. The number of amides is 3. The van der Waals surface area contributed by atoms with Crippen LogP contribution in [0, 0.1) is 0 Å². The summed E-state index contributed by atoms with van der Waals surface area (Å²) < 4.78 is 0. The molecule has 0 saturated carbocycles. The highest BCUT2D eigenvalue weighted by Gasteiger charge is 2.46. The molecule has 3 amide bonds. The molecule has 2 aliphatic heterocycles. The smallest absolute Gasteiger partial charge is 0.251 e. The molecule has 0 radical (unpaired) electrons. The van der Waals surface area contributed by atoms with E-state index in [9.17, 15) is 19.5 Å². The Kier molecular flexibility index (Phi) is 5.76. The lowest BCUT2D eigenvalue weighted by atomic mass is 10.0. The number of piperazine rings is 1. The van der Waals surface area contributed by atoms with Gasteiger partial charge in [0, 0.05) is 24.6 Å². The number of hydrogen-bond acceptors (Lipinski definition) is 4. The number of nitrogens with one attached hydrogen (secondary N) is 2. The molecule has 3 N–H and O–H groups in total. The topological polar surface area (TPSA) is 98.7 Å². The van der Waals surface area contributed by atoms with E-state index in [0.29, 0.717) is 24.9 Å². The molecule has 3 atom stereocenters. The number of benzene rings is 3. The van der Waals surface area contributed by atoms with Crippen LogP contribution in [0.1, 0.15) is 22.3 Å². The van der Waals surface area contributed by atoms with E-state index in [-0.39, 0.29) is 29.5 Å². The normalized spacial score (nSPS) is 21.6. The number of hydrogen-bond donors (Lipinski definition) is 3. The standard InChI is InChI=1S/C27H25N3O4/c31-22-12-6-17(7-13-22)14-23-27(34)30-16-21(15-24(30)26(33)29-23)28-25(32)20-10-8-19(9-11-20)18-4-2-1-3-5-18/h1-13,21,23-24,31H,14-16H2,(H,28,32)(H,29,33)/t21-,23-,24-/m0/s1. The van der Waals surface area contributed by atoms with E-state index < -0.39 is 12.1 Å². The molecular formula is C27H25N3O4. The summed E-state index contributed by atoms with van der Waals surface area (Å²) in [4.78, 5) is 40.1. The Labute approximate surface area is 197 Å². The Balaban J connectivity index is 1.22. The van der Waals surface area contributed by atoms with Gasteiger partial charge in [-0.15, -0.1) is 0 Å². The third kappa shape index (κ3) is 4.37. The van der Waals surface area contributed by atoms with Gasteiger partial charge >= 0.3 is 0 Å². The maximum absolute atomic E-state index is 13.0. The lowest BCUT2D eigenvalue weighted by molar-refractivity contribution is -0.147. The molecule has 5 rings (SSSR count). The highest BCUT2D eigenvalue weighted by atomic mass is 16.3. The van der Waals surface area contributed by atoms with Crippen molar-refractivity contribution >= 4 is 17.7 Å². The first-order chi connectivity index (χ1) is 16.5. The molecule has 0 aliphatic carbocycles. The summed E-state index contributed by atoms with van der Waals surface area (Å²) in [5, 5.41) is 15.3. The molecule has 3 aromatic carbocycles. The molecule has 34 heavy (non-hydrogen) atoms. The number of phenolic OH excluding ortho intramolecular Hbond substituents is 1. The number of nitrogens with zero attached hydrogens (tertiary/aromatic N) is 1. The third-order valence-electron chi connectivity index (χ3n) is 6.47. The van der Waals surface area contributed by atoms with Crippen molar-refractivity contribution in [3.8, 4) is 16.9 Å². The summed E-state index contributed by atoms with van der Waals surface area (Å²) >= 11 is 0. The van der Waals surface area contributed by atoms with Crippen LogP contribution in [-0.2, 0) is 16.0 Å². The van der Waals surface area contributed by atoms with Crippen molar-refractivity contribution in [3.05, 3.63) is 90.0 Å². The molecule has 2 saturated heterocycles. The molecule has 0 spiro atoms. The van der Waals surface area contributed by atoms with Crippen molar-refractivity contribution in [2.24, 2.45) is 0 Å². The molecule has 2 heterocycles. The third-order valence-corrected chi connectivity index (χ3v) is 6.47. The summed E-state index contributed by atoms with van der Waals surface area (Å²) in [6.45, 7) is 0.302. The van der Waals surface area contributed by atoms with Gasteiger partial charge in [-0.2, -0.15) is 0 Å². The van der Waals surface area contributed by atoms with Gasteiger partial charge in [-0.05, 0) is 47.4 Å². The van der Waals surface area contributed by atoms with Crippen molar-refractivity contribution in [2.75, 3.05) is 6.54 Å². The maximum atomic E-state index is 13.0. The summed E-state index contributed by atoms with van der Waals surface area (Å²) in [6.07, 6.45) is 0.732. The van der Waals surface area contributed by atoms with Crippen LogP contribution >= 0.6 is 0 Å². The molecule has 7 nitrogen and oxygen atoms in total. The first kappa shape index (κ1) is 21.7. The predicted octanol–water partition coefficient (Wildman–Crippen LogP) is 2.50. The van der Waals surface area contributed by atoms with Gasteiger partial charge in [0.25, 0.3) is 5.91 Å². The summed E-state index contributed by atoms with van der Waals surface area (Å²) in [5.41, 5.74) is 3.48. The van der Waals surface area contributed by atoms with Crippen LogP contribution in [0.25, 0.3) is 11.1 Å². The summed E-state index contributed by atoms with van der Waals surface area (Å²) in [5.74, 6) is -0.428. The van der Waals surface area contributed by atoms with Crippen LogP contribution in [0.15, 0.2) is 78.9 Å². The number of carbonyl (C=O) groups excluding carboxylic acids is 3. The van der Waals surface area contributed by atoms with Crippen molar-refractivity contribution in [1.29, 1.82) is 0 Å². The fraction of sp³-hybridized carbons (Fsp3) is 0.222. The van der Waals surface area contributed by atoms with E-state index in [1.165, 1.54) is 0 Å². The minimum atomic E-state index is -0.659. The second kappa shape index (κ2) is 9.02. The lowest BCUT2D eigenvalue weighted by Crippen LogP contribution is -2.61. The average molecular weight is 456 g/mol. The number of aromatic hydroxyl groups is 1. The van der Waals surface area contributed by atoms with Crippen molar-refractivity contribution < 1.29 is 19.5 Å². The zero-order valence-corrected chi connectivity index (χ0v) is 18.5. The van der Waals surface area contributed by atoms with E-state index in [4.69, 9.17) is 0 Å². The first-order valence-electron chi connectivity index (χ1n) is 11.3. The van der Waals surface area contributed by atoms with Gasteiger partial charge in [0.05, 0.1) is 0 Å². The average Bonchev–Trinajstić information content (AvgIpc) is 3.29. The van der Waals surface area contributed by atoms with Crippen molar-refractivity contribution in [1.82, 2.24) is 15.5 Å². The Morgan fingerprint density at radius 1 is 0.941 bits per heavy atom. The summed E-state index contributed by atoms with van der Waals surface area (Å²) in [7, 11) is 0. The zero-order valence-electron chi connectivity index (χ0n) is 18.5. The van der Waals surface area contributed by atoms with Crippen LogP contribution in [0.4, 0.5) is 0 Å². The van der Waals surface area contributed by atoms with Crippen molar-refractivity contribution in [2.45, 2.75) is 31.0 Å². The number of carbonyl (C=O) groups is 3. The number of phenols is 1.